The van der Waals surface area contributed by atoms with Crippen LogP contribution in [0, 0.1) is 5.92 Å². The van der Waals surface area contributed by atoms with Crippen molar-refractivity contribution in [2.45, 2.75) is 83.8 Å². The molecule has 0 aromatic heterocycles. The van der Waals surface area contributed by atoms with Gasteiger partial charge in [0.15, 0.2) is 0 Å². The van der Waals surface area contributed by atoms with E-state index in [0.717, 1.165) is 32.3 Å². The van der Waals surface area contributed by atoms with Gasteiger partial charge in [0.05, 0.1) is 11.7 Å². The molecule has 1 fully saturated rings. The maximum absolute atomic E-state index is 10.7. The van der Waals surface area contributed by atoms with Crippen LogP contribution in [0.2, 0.25) is 0 Å². The van der Waals surface area contributed by atoms with Crippen LogP contribution in [0.3, 0.4) is 0 Å². The minimum Gasteiger partial charge on any atom is -0.390 e. The van der Waals surface area contributed by atoms with Crippen LogP contribution in [0.15, 0.2) is 0 Å². The van der Waals surface area contributed by atoms with Crippen molar-refractivity contribution in [3.8, 4) is 0 Å². The number of ether oxygens (including phenoxy) is 1. The Bertz CT molecular complexity index is 195. The summed E-state index contributed by atoms with van der Waals surface area (Å²) >= 11 is 0. The second kappa shape index (κ2) is 7.38. The molecule has 2 nitrogen and oxygen atoms in total. The first-order chi connectivity index (χ1) is 8.16. The summed E-state index contributed by atoms with van der Waals surface area (Å²) < 4.78 is 6.03. The van der Waals surface area contributed by atoms with Crippen molar-refractivity contribution in [2.75, 3.05) is 6.61 Å². The molecule has 2 unspecified atom stereocenters. The van der Waals surface area contributed by atoms with Gasteiger partial charge in [-0.2, -0.15) is 0 Å². The highest BCUT2D eigenvalue weighted by Gasteiger charge is 2.41. The first-order valence-electron chi connectivity index (χ1n) is 7.48. The van der Waals surface area contributed by atoms with Crippen molar-refractivity contribution in [2.24, 2.45) is 5.92 Å². The number of aliphatic hydroxyl groups is 1. The average molecular weight is 242 g/mol. The molecule has 1 N–H and O–H groups in total. The zero-order valence-electron chi connectivity index (χ0n) is 11.9. The Kier molecular flexibility index (Phi) is 6.50. The Morgan fingerprint density at radius 3 is 2.18 bits per heavy atom. The molecule has 0 bridgehead atoms. The standard InChI is InChI=1S/C15H30O2/c1-4-10-13(3)14(16)15(17-5-2)11-8-6-7-9-12-15/h13-14,16H,4-12H2,1-3H3. The van der Waals surface area contributed by atoms with E-state index in [1.807, 2.05) is 6.92 Å². The van der Waals surface area contributed by atoms with Gasteiger partial charge in [0.25, 0.3) is 0 Å². The molecule has 0 aliphatic heterocycles. The minimum absolute atomic E-state index is 0.250. The predicted octanol–water partition coefficient (Wildman–Crippen LogP) is 3.91. The molecule has 2 atom stereocenters. The lowest BCUT2D eigenvalue weighted by molar-refractivity contribution is -0.146. The molecule has 102 valence electrons. The highest BCUT2D eigenvalue weighted by Crippen LogP contribution is 2.37. The largest absolute Gasteiger partial charge is 0.390 e. The summed E-state index contributed by atoms with van der Waals surface area (Å²) in [6.07, 6.45) is 9.02. The second-order valence-corrected chi connectivity index (χ2v) is 5.62. The van der Waals surface area contributed by atoms with Gasteiger partial charge in [0.2, 0.25) is 0 Å². The minimum atomic E-state index is -0.291. The molecule has 1 aliphatic carbocycles. The van der Waals surface area contributed by atoms with E-state index in [1.54, 1.807) is 0 Å². The highest BCUT2D eigenvalue weighted by molar-refractivity contribution is 4.92. The summed E-state index contributed by atoms with van der Waals surface area (Å²) in [4.78, 5) is 0. The maximum Gasteiger partial charge on any atom is 0.0942 e. The number of hydrogen-bond donors (Lipinski definition) is 1. The lowest BCUT2D eigenvalue weighted by Gasteiger charge is -2.40. The zero-order valence-corrected chi connectivity index (χ0v) is 11.9. The van der Waals surface area contributed by atoms with Crippen molar-refractivity contribution in [3.05, 3.63) is 0 Å². The fourth-order valence-corrected chi connectivity index (χ4v) is 3.27. The van der Waals surface area contributed by atoms with Gasteiger partial charge in [-0.1, -0.05) is 46.0 Å². The normalized spacial score (nSPS) is 24.0. The van der Waals surface area contributed by atoms with Gasteiger partial charge in [0.1, 0.15) is 0 Å². The van der Waals surface area contributed by atoms with E-state index >= 15 is 0 Å². The van der Waals surface area contributed by atoms with Crippen molar-refractivity contribution in [1.29, 1.82) is 0 Å². The summed E-state index contributed by atoms with van der Waals surface area (Å²) in [6, 6.07) is 0. The fourth-order valence-electron chi connectivity index (χ4n) is 3.27. The van der Waals surface area contributed by atoms with E-state index in [2.05, 4.69) is 13.8 Å². The first kappa shape index (κ1) is 15.0. The van der Waals surface area contributed by atoms with Crippen LogP contribution < -0.4 is 0 Å². The first-order valence-corrected chi connectivity index (χ1v) is 7.48. The molecule has 0 heterocycles. The quantitative estimate of drug-likeness (QED) is 0.715. The Balaban J connectivity index is 2.73. The molecule has 0 spiro atoms. The Morgan fingerprint density at radius 2 is 1.71 bits per heavy atom. The number of rotatable bonds is 6. The third kappa shape index (κ3) is 3.96. The van der Waals surface area contributed by atoms with Gasteiger partial charge in [-0.25, -0.2) is 0 Å². The molecule has 0 radical (unpaired) electrons. The van der Waals surface area contributed by atoms with E-state index in [0.29, 0.717) is 5.92 Å². The van der Waals surface area contributed by atoms with E-state index in [9.17, 15) is 5.11 Å². The predicted molar refractivity (Wildman–Crippen MR) is 72.1 cm³/mol. The van der Waals surface area contributed by atoms with E-state index < -0.39 is 0 Å². The highest BCUT2D eigenvalue weighted by atomic mass is 16.5. The second-order valence-electron chi connectivity index (χ2n) is 5.62. The van der Waals surface area contributed by atoms with Crippen LogP contribution in [-0.4, -0.2) is 23.4 Å². The summed E-state index contributed by atoms with van der Waals surface area (Å²) in [5.74, 6) is 0.352. The molecule has 1 saturated carbocycles. The van der Waals surface area contributed by atoms with Crippen LogP contribution in [0.25, 0.3) is 0 Å². The van der Waals surface area contributed by atoms with Gasteiger partial charge in [-0.3, -0.25) is 0 Å². The van der Waals surface area contributed by atoms with Crippen LogP contribution in [0.1, 0.15) is 72.1 Å². The van der Waals surface area contributed by atoms with E-state index in [1.165, 1.54) is 25.7 Å². The van der Waals surface area contributed by atoms with Gasteiger partial charge < -0.3 is 9.84 Å². The molecule has 1 rings (SSSR count). The molecule has 0 saturated heterocycles. The Labute approximate surface area is 107 Å². The molecular weight excluding hydrogens is 212 g/mol. The van der Waals surface area contributed by atoms with Gasteiger partial charge in [-0.15, -0.1) is 0 Å². The Hall–Kier alpha value is -0.0800. The van der Waals surface area contributed by atoms with Crippen molar-refractivity contribution < 1.29 is 9.84 Å². The third-order valence-corrected chi connectivity index (χ3v) is 4.20. The summed E-state index contributed by atoms with van der Waals surface area (Å²) in [6.45, 7) is 7.11. The maximum atomic E-state index is 10.7. The molecule has 1 aliphatic rings. The van der Waals surface area contributed by atoms with Crippen molar-refractivity contribution in [1.82, 2.24) is 0 Å². The zero-order chi connectivity index (χ0) is 12.7. The fraction of sp³-hybridized carbons (Fsp3) is 1.00. The molecule has 0 aromatic carbocycles. The van der Waals surface area contributed by atoms with Gasteiger partial charge in [-0.05, 0) is 32.1 Å². The Morgan fingerprint density at radius 1 is 1.12 bits per heavy atom. The topological polar surface area (TPSA) is 29.5 Å². The molecule has 2 heteroatoms. The smallest absolute Gasteiger partial charge is 0.0942 e. The lowest BCUT2D eigenvalue weighted by atomic mass is 9.80. The number of aliphatic hydroxyl groups excluding tert-OH is 1. The SMILES string of the molecule is CCCC(C)C(O)C1(OCC)CCCCCC1. The summed E-state index contributed by atoms with van der Waals surface area (Å²) in [7, 11) is 0. The third-order valence-electron chi connectivity index (χ3n) is 4.20. The molecule has 0 aromatic rings. The monoisotopic (exact) mass is 242 g/mol. The lowest BCUT2D eigenvalue weighted by Crippen LogP contribution is -2.48. The van der Waals surface area contributed by atoms with Crippen LogP contribution >= 0.6 is 0 Å². The van der Waals surface area contributed by atoms with Crippen LogP contribution in [0.4, 0.5) is 0 Å². The molecular formula is C15H30O2. The van der Waals surface area contributed by atoms with Crippen molar-refractivity contribution in [3.63, 3.8) is 0 Å². The van der Waals surface area contributed by atoms with Crippen molar-refractivity contribution >= 4 is 0 Å². The number of hydrogen-bond acceptors (Lipinski definition) is 2. The molecule has 0 amide bonds. The van der Waals surface area contributed by atoms with E-state index in [-0.39, 0.29) is 11.7 Å². The summed E-state index contributed by atoms with van der Waals surface area (Å²) in [5, 5.41) is 10.7. The van der Waals surface area contributed by atoms with E-state index in [4.69, 9.17) is 4.74 Å². The summed E-state index contributed by atoms with van der Waals surface area (Å²) in [5.41, 5.74) is -0.250. The van der Waals surface area contributed by atoms with Crippen LogP contribution in [-0.2, 0) is 4.74 Å². The van der Waals surface area contributed by atoms with Gasteiger partial charge >= 0.3 is 0 Å². The average Bonchev–Trinajstić information content (AvgIpc) is 2.55. The molecule has 17 heavy (non-hydrogen) atoms. The van der Waals surface area contributed by atoms with Gasteiger partial charge in [0, 0.05) is 6.61 Å². The van der Waals surface area contributed by atoms with Crippen LogP contribution in [0.5, 0.6) is 0 Å².